The quantitative estimate of drug-likeness (QED) is 0.384. The molecule has 0 saturated heterocycles. The van der Waals surface area contributed by atoms with Crippen molar-refractivity contribution in [2.45, 2.75) is 13.5 Å². The molecule has 138 valence electrons. The van der Waals surface area contributed by atoms with E-state index in [0.29, 0.717) is 5.11 Å². The first-order chi connectivity index (χ1) is 13.2. The van der Waals surface area contributed by atoms with E-state index in [2.05, 4.69) is 51.6 Å². The lowest BCUT2D eigenvalue weighted by Gasteiger charge is -2.11. The lowest BCUT2D eigenvalue weighted by molar-refractivity contribution is 0.417. The van der Waals surface area contributed by atoms with Crippen molar-refractivity contribution in [3.8, 4) is 5.75 Å². The molecule has 1 heterocycles. The minimum Gasteiger partial charge on any atom is -0.495 e. The summed E-state index contributed by atoms with van der Waals surface area (Å²) in [5.41, 5.74) is 7.13. The second-order valence-electron chi connectivity index (χ2n) is 6.07. The van der Waals surface area contributed by atoms with E-state index in [1.54, 1.807) is 13.3 Å². The first-order valence-corrected chi connectivity index (χ1v) is 9.00. The van der Waals surface area contributed by atoms with E-state index in [0.717, 1.165) is 23.7 Å². The van der Waals surface area contributed by atoms with E-state index in [1.807, 2.05) is 42.6 Å². The van der Waals surface area contributed by atoms with E-state index in [4.69, 9.17) is 17.0 Å². The highest BCUT2D eigenvalue weighted by molar-refractivity contribution is 7.80. The van der Waals surface area contributed by atoms with Gasteiger partial charge in [0.05, 0.1) is 24.7 Å². The molecule has 0 fully saturated rings. The molecule has 3 aromatic rings. The van der Waals surface area contributed by atoms with Crippen molar-refractivity contribution in [2.24, 2.45) is 5.10 Å². The number of thiocarbonyl (C=S) groups is 1. The van der Waals surface area contributed by atoms with Crippen molar-refractivity contribution < 1.29 is 4.74 Å². The molecule has 3 rings (SSSR count). The average Bonchev–Trinajstić information content (AvgIpc) is 3.09. The molecule has 0 saturated carbocycles. The molecule has 0 aliphatic rings. The van der Waals surface area contributed by atoms with Gasteiger partial charge < -0.3 is 14.6 Å². The van der Waals surface area contributed by atoms with Crippen LogP contribution in [0.15, 0.2) is 72.0 Å². The normalized spacial score (nSPS) is 10.7. The van der Waals surface area contributed by atoms with E-state index in [9.17, 15) is 0 Å². The van der Waals surface area contributed by atoms with Crippen LogP contribution in [0.4, 0.5) is 5.69 Å². The Hall–Kier alpha value is -3.12. The van der Waals surface area contributed by atoms with Crippen molar-refractivity contribution in [3.05, 3.63) is 83.7 Å². The lowest BCUT2D eigenvalue weighted by atomic mass is 10.1. The van der Waals surface area contributed by atoms with Crippen molar-refractivity contribution in [1.29, 1.82) is 0 Å². The molecular formula is C21H22N4OS. The van der Waals surface area contributed by atoms with Crippen LogP contribution in [-0.2, 0) is 6.54 Å². The van der Waals surface area contributed by atoms with Gasteiger partial charge in [-0.15, -0.1) is 0 Å². The average molecular weight is 379 g/mol. The van der Waals surface area contributed by atoms with Gasteiger partial charge in [0.15, 0.2) is 5.11 Å². The summed E-state index contributed by atoms with van der Waals surface area (Å²) in [4.78, 5) is 0. The second-order valence-corrected chi connectivity index (χ2v) is 6.48. The van der Waals surface area contributed by atoms with Gasteiger partial charge in [0.25, 0.3) is 0 Å². The van der Waals surface area contributed by atoms with Gasteiger partial charge in [-0.1, -0.05) is 42.0 Å². The highest BCUT2D eigenvalue weighted by Crippen LogP contribution is 2.22. The van der Waals surface area contributed by atoms with Gasteiger partial charge in [-0.3, -0.25) is 5.43 Å². The molecular weight excluding hydrogens is 356 g/mol. The van der Waals surface area contributed by atoms with E-state index >= 15 is 0 Å². The molecule has 2 N–H and O–H groups in total. The standard InChI is InChI=1S/C21H22N4OS/c1-16-7-5-8-17(13-16)15-25-12-6-9-18(25)14-22-24-21(27)23-19-10-3-4-11-20(19)26-2/h3-14H,15H2,1-2H3,(H2,23,24,27)/b22-14+. The number of hydrogen-bond donors (Lipinski definition) is 2. The van der Waals surface area contributed by atoms with Crippen LogP contribution in [-0.4, -0.2) is 23.0 Å². The third kappa shape index (κ3) is 5.18. The Bertz CT molecular complexity index is 949. The lowest BCUT2D eigenvalue weighted by Crippen LogP contribution is -2.24. The first kappa shape index (κ1) is 18.7. The minimum absolute atomic E-state index is 0.396. The van der Waals surface area contributed by atoms with Crippen LogP contribution in [0, 0.1) is 6.92 Å². The predicted molar refractivity (Wildman–Crippen MR) is 115 cm³/mol. The number of methoxy groups -OCH3 is 1. The fraction of sp³-hybridized carbons (Fsp3) is 0.143. The van der Waals surface area contributed by atoms with Gasteiger partial charge in [-0.25, -0.2) is 0 Å². The Labute approximate surface area is 164 Å². The van der Waals surface area contributed by atoms with Gasteiger partial charge >= 0.3 is 0 Å². The predicted octanol–water partition coefficient (Wildman–Crippen LogP) is 4.17. The van der Waals surface area contributed by atoms with Crippen LogP contribution in [0.3, 0.4) is 0 Å². The first-order valence-electron chi connectivity index (χ1n) is 8.59. The summed E-state index contributed by atoms with van der Waals surface area (Å²) in [6, 6.07) is 20.1. The van der Waals surface area contributed by atoms with Crippen LogP contribution < -0.4 is 15.5 Å². The van der Waals surface area contributed by atoms with Gasteiger partial charge in [0.1, 0.15) is 5.75 Å². The molecule has 0 atom stereocenters. The summed E-state index contributed by atoms with van der Waals surface area (Å²) in [5, 5.41) is 7.72. The fourth-order valence-electron chi connectivity index (χ4n) is 2.75. The minimum atomic E-state index is 0.396. The topological polar surface area (TPSA) is 50.6 Å². The molecule has 27 heavy (non-hydrogen) atoms. The van der Waals surface area contributed by atoms with Crippen molar-refractivity contribution in [3.63, 3.8) is 0 Å². The number of nitrogens with zero attached hydrogens (tertiary/aromatic N) is 2. The Morgan fingerprint density at radius 2 is 2.00 bits per heavy atom. The smallest absolute Gasteiger partial charge is 0.191 e. The summed E-state index contributed by atoms with van der Waals surface area (Å²) in [7, 11) is 1.62. The zero-order chi connectivity index (χ0) is 19.1. The SMILES string of the molecule is COc1ccccc1NC(=S)N/N=C/c1cccn1Cc1cccc(C)c1. The maximum atomic E-state index is 5.30. The van der Waals surface area contributed by atoms with Gasteiger partial charge in [-0.2, -0.15) is 5.10 Å². The number of aromatic nitrogens is 1. The molecule has 5 nitrogen and oxygen atoms in total. The summed E-state index contributed by atoms with van der Waals surface area (Å²) in [6.07, 6.45) is 3.79. The van der Waals surface area contributed by atoms with Crippen molar-refractivity contribution >= 4 is 29.2 Å². The van der Waals surface area contributed by atoms with Crippen molar-refractivity contribution in [1.82, 2.24) is 9.99 Å². The zero-order valence-electron chi connectivity index (χ0n) is 15.3. The number of hydrogen-bond acceptors (Lipinski definition) is 3. The number of benzene rings is 2. The molecule has 0 bridgehead atoms. The Morgan fingerprint density at radius 1 is 1.15 bits per heavy atom. The largest absolute Gasteiger partial charge is 0.495 e. The van der Waals surface area contributed by atoms with Crippen LogP contribution in [0.5, 0.6) is 5.75 Å². The van der Waals surface area contributed by atoms with E-state index in [-0.39, 0.29) is 0 Å². The number of aryl methyl sites for hydroxylation is 1. The molecule has 6 heteroatoms. The molecule has 0 amide bonds. The number of anilines is 1. The number of nitrogens with one attached hydrogen (secondary N) is 2. The third-order valence-corrected chi connectivity index (χ3v) is 4.21. The Balaban J connectivity index is 1.60. The number of para-hydroxylation sites is 2. The number of hydrazone groups is 1. The fourth-order valence-corrected chi connectivity index (χ4v) is 2.91. The van der Waals surface area contributed by atoms with Crippen LogP contribution in [0.1, 0.15) is 16.8 Å². The molecule has 0 radical (unpaired) electrons. The summed E-state index contributed by atoms with van der Waals surface area (Å²) >= 11 is 5.29. The molecule has 0 aliphatic carbocycles. The molecule has 1 aromatic heterocycles. The van der Waals surface area contributed by atoms with Crippen LogP contribution >= 0.6 is 12.2 Å². The number of rotatable bonds is 6. The molecule has 2 aromatic carbocycles. The summed E-state index contributed by atoms with van der Waals surface area (Å²) in [6.45, 7) is 2.89. The number of ether oxygens (including phenoxy) is 1. The maximum Gasteiger partial charge on any atom is 0.191 e. The Kier molecular flexibility index (Phi) is 6.22. The van der Waals surface area contributed by atoms with Gasteiger partial charge in [0.2, 0.25) is 0 Å². The van der Waals surface area contributed by atoms with E-state index in [1.165, 1.54) is 11.1 Å². The van der Waals surface area contributed by atoms with Crippen LogP contribution in [0.25, 0.3) is 0 Å². The second kappa shape index (κ2) is 9.00. The highest BCUT2D eigenvalue weighted by atomic mass is 32.1. The van der Waals surface area contributed by atoms with Gasteiger partial charge in [-0.05, 0) is 49.0 Å². The van der Waals surface area contributed by atoms with Crippen LogP contribution in [0.2, 0.25) is 0 Å². The third-order valence-electron chi connectivity index (χ3n) is 4.02. The maximum absolute atomic E-state index is 5.30. The zero-order valence-corrected chi connectivity index (χ0v) is 16.2. The van der Waals surface area contributed by atoms with E-state index < -0.39 is 0 Å². The van der Waals surface area contributed by atoms with Crippen molar-refractivity contribution in [2.75, 3.05) is 12.4 Å². The molecule has 0 aliphatic heterocycles. The monoisotopic (exact) mass is 378 g/mol. The summed E-state index contributed by atoms with van der Waals surface area (Å²) < 4.78 is 7.43. The highest BCUT2D eigenvalue weighted by Gasteiger charge is 2.03. The Morgan fingerprint density at radius 3 is 2.81 bits per heavy atom. The summed E-state index contributed by atoms with van der Waals surface area (Å²) in [5.74, 6) is 0.720. The molecule has 0 spiro atoms. The van der Waals surface area contributed by atoms with Gasteiger partial charge in [0, 0.05) is 12.7 Å². The molecule has 0 unspecified atom stereocenters.